The summed E-state index contributed by atoms with van der Waals surface area (Å²) in [5.74, 6) is 0.509. The van der Waals surface area contributed by atoms with E-state index in [0.717, 1.165) is 11.4 Å². The zero-order chi connectivity index (χ0) is 13.8. The molecule has 100 valence electrons. The Morgan fingerprint density at radius 3 is 2.63 bits per heavy atom. The van der Waals surface area contributed by atoms with Gasteiger partial charge in [-0.2, -0.15) is 0 Å². The molecule has 1 heterocycles. The molecule has 5 nitrogen and oxygen atoms in total. The number of benzene rings is 1. The van der Waals surface area contributed by atoms with E-state index in [1.54, 1.807) is 6.92 Å². The lowest BCUT2D eigenvalue weighted by Gasteiger charge is -2.08. The Kier molecular flexibility index (Phi) is 4.21. The number of carbonyl (C=O) groups is 1. The van der Waals surface area contributed by atoms with E-state index in [4.69, 9.17) is 4.74 Å². The van der Waals surface area contributed by atoms with E-state index in [9.17, 15) is 4.79 Å². The molecule has 0 N–H and O–H groups in total. The number of methoxy groups -OCH3 is 1. The molecule has 0 saturated carbocycles. The maximum atomic E-state index is 11.4. The monoisotopic (exact) mass is 277 g/mol. The molecular formula is C13H15N3O2S. The van der Waals surface area contributed by atoms with E-state index >= 15 is 0 Å². The normalized spacial score (nSPS) is 12.2. The average molecular weight is 277 g/mol. The number of nitrogens with zero attached hydrogens (tertiary/aromatic N) is 3. The second kappa shape index (κ2) is 5.88. The zero-order valence-electron chi connectivity index (χ0n) is 11.0. The van der Waals surface area contributed by atoms with Crippen LogP contribution in [0.2, 0.25) is 0 Å². The molecule has 1 atom stereocenters. The SMILES string of the molecule is COC(=O)C(C)Sc1nnc(-c2ccccc2)n1C. The number of hydrogen-bond acceptors (Lipinski definition) is 5. The van der Waals surface area contributed by atoms with Gasteiger partial charge in [0.15, 0.2) is 11.0 Å². The standard InChI is InChI=1S/C13H15N3O2S/c1-9(12(17)18-3)19-13-15-14-11(16(13)2)10-7-5-4-6-8-10/h4-9H,1-3H3. The molecule has 1 aromatic heterocycles. The molecule has 0 bridgehead atoms. The molecule has 0 saturated heterocycles. The molecule has 2 aromatic rings. The summed E-state index contributed by atoms with van der Waals surface area (Å²) in [6, 6.07) is 9.81. The molecule has 0 radical (unpaired) electrons. The van der Waals surface area contributed by atoms with Gasteiger partial charge in [-0.1, -0.05) is 42.1 Å². The van der Waals surface area contributed by atoms with E-state index in [-0.39, 0.29) is 11.2 Å². The first-order valence-corrected chi connectivity index (χ1v) is 6.70. The van der Waals surface area contributed by atoms with Gasteiger partial charge in [0.2, 0.25) is 0 Å². The van der Waals surface area contributed by atoms with E-state index in [1.807, 2.05) is 41.9 Å². The van der Waals surface area contributed by atoms with Crippen molar-refractivity contribution >= 4 is 17.7 Å². The van der Waals surface area contributed by atoms with Gasteiger partial charge in [-0.3, -0.25) is 4.79 Å². The third-order valence-corrected chi connectivity index (χ3v) is 3.79. The lowest BCUT2D eigenvalue weighted by molar-refractivity contribution is -0.139. The largest absolute Gasteiger partial charge is 0.468 e. The highest BCUT2D eigenvalue weighted by Crippen LogP contribution is 2.25. The lowest BCUT2D eigenvalue weighted by Crippen LogP contribution is -2.15. The summed E-state index contributed by atoms with van der Waals surface area (Å²) in [5, 5.41) is 8.66. The second-order valence-corrected chi connectivity index (χ2v) is 5.32. The van der Waals surface area contributed by atoms with Gasteiger partial charge in [0.05, 0.1) is 7.11 Å². The Balaban J connectivity index is 2.22. The molecule has 0 amide bonds. The Morgan fingerprint density at radius 1 is 1.32 bits per heavy atom. The highest BCUT2D eigenvalue weighted by Gasteiger charge is 2.19. The quantitative estimate of drug-likeness (QED) is 0.633. The van der Waals surface area contributed by atoms with Crippen molar-refractivity contribution in [2.75, 3.05) is 7.11 Å². The van der Waals surface area contributed by atoms with Crippen LogP contribution >= 0.6 is 11.8 Å². The minimum Gasteiger partial charge on any atom is -0.468 e. The number of thioether (sulfide) groups is 1. The van der Waals surface area contributed by atoms with Gasteiger partial charge >= 0.3 is 5.97 Å². The van der Waals surface area contributed by atoms with Crippen LogP contribution in [0.25, 0.3) is 11.4 Å². The average Bonchev–Trinajstić information content (AvgIpc) is 2.80. The molecule has 0 fully saturated rings. The molecule has 1 aromatic carbocycles. The molecule has 0 aliphatic carbocycles. The maximum absolute atomic E-state index is 11.4. The van der Waals surface area contributed by atoms with Crippen molar-refractivity contribution < 1.29 is 9.53 Å². The fraction of sp³-hybridized carbons (Fsp3) is 0.308. The number of rotatable bonds is 4. The van der Waals surface area contributed by atoms with Crippen molar-refractivity contribution in [3.05, 3.63) is 30.3 Å². The van der Waals surface area contributed by atoms with Crippen LogP contribution < -0.4 is 0 Å². The Labute approximate surface area is 116 Å². The van der Waals surface area contributed by atoms with Crippen LogP contribution in [0.4, 0.5) is 0 Å². The van der Waals surface area contributed by atoms with Crippen molar-refractivity contribution in [1.29, 1.82) is 0 Å². The van der Waals surface area contributed by atoms with Crippen molar-refractivity contribution in [2.45, 2.75) is 17.3 Å². The molecule has 2 rings (SSSR count). The number of hydrogen-bond donors (Lipinski definition) is 0. The van der Waals surface area contributed by atoms with Crippen molar-refractivity contribution in [1.82, 2.24) is 14.8 Å². The maximum Gasteiger partial charge on any atom is 0.318 e. The van der Waals surface area contributed by atoms with E-state index in [0.29, 0.717) is 5.16 Å². The summed E-state index contributed by atoms with van der Waals surface area (Å²) in [6.07, 6.45) is 0. The van der Waals surface area contributed by atoms with Gasteiger partial charge < -0.3 is 9.30 Å². The van der Waals surface area contributed by atoms with Gasteiger partial charge in [-0.05, 0) is 6.92 Å². The number of carbonyl (C=O) groups excluding carboxylic acids is 1. The van der Waals surface area contributed by atoms with Crippen LogP contribution in [0.15, 0.2) is 35.5 Å². The molecule has 0 spiro atoms. The van der Waals surface area contributed by atoms with Gasteiger partial charge in [-0.15, -0.1) is 10.2 Å². The Bertz CT molecular complexity index is 569. The molecule has 19 heavy (non-hydrogen) atoms. The molecule has 0 aliphatic heterocycles. The predicted octanol–water partition coefficient (Wildman–Crippen LogP) is 2.14. The van der Waals surface area contributed by atoms with Crippen LogP contribution in [0.1, 0.15) is 6.92 Å². The first-order valence-electron chi connectivity index (χ1n) is 5.82. The summed E-state index contributed by atoms with van der Waals surface area (Å²) in [4.78, 5) is 11.4. The lowest BCUT2D eigenvalue weighted by atomic mass is 10.2. The first-order chi connectivity index (χ1) is 9.13. The van der Waals surface area contributed by atoms with Gasteiger partial charge in [0.25, 0.3) is 0 Å². The third kappa shape index (κ3) is 2.96. The summed E-state index contributed by atoms with van der Waals surface area (Å²) >= 11 is 1.33. The Hall–Kier alpha value is -1.82. The summed E-state index contributed by atoms with van der Waals surface area (Å²) in [7, 11) is 3.26. The van der Waals surface area contributed by atoms with Crippen LogP contribution in [-0.4, -0.2) is 33.1 Å². The fourth-order valence-corrected chi connectivity index (χ4v) is 2.47. The van der Waals surface area contributed by atoms with Gasteiger partial charge in [0.1, 0.15) is 5.25 Å². The first kappa shape index (κ1) is 13.6. The molecule has 6 heteroatoms. The molecule has 0 aliphatic rings. The number of aromatic nitrogens is 3. The van der Waals surface area contributed by atoms with Gasteiger partial charge in [-0.25, -0.2) is 0 Å². The Morgan fingerprint density at radius 2 is 2.00 bits per heavy atom. The van der Waals surface area contributed by atoms with Crippen LogP contribution in [0.3, 0.4) is 0 Å². The highest BCUT2D eigenvalue weighted by atomic mass is 32.2. The number of esters is 1. The molecule has 1 unspecified atom stereocenters. The fourth-order valence-electron chi connectivity index (χ4n) is 1.63. The van der Waals surface area contributed by atoms with E-state index < -0.39 is 0 Å². The van der Waals surface area contributed by atoms with E-state index in [2.05, 4.69) is 10.2 Å². The van der Waals surface area contributed by atoms with Crippen LogP contribution in [0, 0.1) is 0 Å². The minimum absolute atomic E-state index is 0.269. The zero-order valence-corrected chi connectivity index (χ0v) is 11.8. The summed E-state index contributed by atoms with van der Waals surface area (Å²) in [6.45, 7) is 1.79. The smallest absolute Gasteiger partial charge is 0.318 e. The summed E-state index contributed by atoms with van der Waals surface area (Å²) < 4.78 is 6.57. The summed E-state index contributed by atoms with van der Waals surface area (Å²) in [5.41, 5.74) is 0.995. The highest BCUT2D eigenvalue weighted by molar-refractivity contribution is 8.00. The minimum atomic E-state index is -0.309. The third-order valence-electron chi connectivity index (χ3n) is 2.68. The van der Waals surface area contributed by atoms with Crippen LogP contribution in [0.5, 0.6) is 0 Å². The van der Waals surface area contributed by atoms with Crippen molar-refractivity contribution in [3.8, 4) is 11.4 Å². The van der Waals surface area contributed by atoms with Crippen molar-refractivity contribution in [3.63, 3.8) is 0 Å². The van der Waals surface area contributed by atoms with Gasteiger partial charge in [0, 0.05) is 12.6 Å². The van der Waals surface area contributed by atoms with Crippen LogP contribution in [-0.2, 0) is 16.6 Å². The van der Waals surface area contributed by atoms with E-state index in [1.165, 1.54) is 18.9 Å². The number of ether oxygens (including phenoxy) is 1. The van der Waals surface area contributed by atoms with Crippen molar-refractivity contribution in [2.24, 2.45) is 7.05 Å². The predicted molar refractivity (Wildman–Crippen MR) is 73.8 cm³/mol. The second-order valence-electron chi connectivity index (χ2n) is 4.01. The topological polar surface area (TPSA) is 57.0 Å². The molecular weight excluding hydrogens is 262 g/mol.